The lowest BCUT2D eigenvalue weighted by atomic mass is 10.1. The molecule has 0 fully saturated rings. The third kappa shape index (κ3) is 3.16. The second kappa shape index (κ2) is 6.27. The number of benzene rings is 1. The average Bonchev–Trinajstić information content (AvgIpc) is 2.92. The van der Waals surface area contributed by atoms with E-state index in [1.54, 1.807) is 44.6 Å². The maximum atomic E-state index is 12.4. The van der Waals surface area contributed by atoms with Crippen LogP contribution in [0.5, 0.6) is 0 Å². The fraction of sp³-hybridized carbons (Fsp3) is 0.167. The van der Waals surface area contributed by atoms with E-state index in [0.717, 1.165) is 5.56 Å². The first-order valence-corrected chi connectivity index (χ1v) is 7.64. The van der Waals surface area contributed by atoms with Crippen LogP contribution in [-0.4, -0.2) is 35.8 Å². The first kappa shape index (κ1) is 16.5. The van der Waals surface area contributed by atoms with Gasteiger partial charge in [0.2, 0.25) is 5.76 Å². The topological polar surface area (TPSA) is 101 Å². The molecule has 7 heteroatoms. The molecule has 0 unspecified atom stereocenters. The summed E-state index contributed by atoms with van der Waals surface area (Å²) < 4.78 is 5.59. The summed E-state index contributed by atoms with van der Waals surface area (Å²) in [5, 5.41) is 3.22. The van der Waals surface area contributed by atoms with Gasteiger partial charge >= 0.3 is 0 Å². The summed E-state index contributed by atoms with van der Waals surface area (Å²) in [7, 11) is 3.33. The lowest BCUT2D eigenvalue weighted by molar-refractivity contribution is 0.0827. The van der Waals surface area contributed by atoms with Crippen LogP contribution in [0.2, 0.25) is 0 Å². The highest BCUT2D eigenvalue weighted by molar-refractivity contribution is 6.11. The number of carbonyl (C=O) groups is 2. The third-order valence-electron chi connectivity index (χ3n) is 3.74. The van der Waals surface area contributed by atoms with Crippen LogP contribution in [0.3, 0.4) is 0 Å². The molecule has 0 atom stereocenters. The van der Waals surface area contributed by atoms with Crippen molar-refractivity contribution in [3.8, 4) is 0 Å². The maximum Gasteiger partial charge on any atom is 0.294 e. The molecule has 0 aliphatic heterocycles. The molecule has 2 aromatic heterocycles. The zero-order valence-corrected chi connectivity index (χ0v) is 14.2. The SMILES string of the molecule is Cc1ccc(NC(=O)c2oc3cc(C(=O)N(C)C)ccc3c2N)nc1. The number of anilines is 2. The molecule has 25 heavy (non-hydrogen) atoms. The molecule has 0 spiro atoms. The van der Waals surface area contributed by atoms with Gasteiger partial charge in [-0.3, -0.25) is 9.59 Å². The van der Waals surface area contributed by atoms with E-state index in [2.05, 4.69) is 10.3 Å². The highest BCUT2D eigenvalue weighted by Crippen LogP contribution is 2.29. The van der Waals surface area contributed by atoms with E-state index in [1.807, 2.05) is 13.0 Å². The Morgan fingerprint density at radius 2 is 1.96 bits per heavy atom. The molecule has 0 aliphatic rings. The predicted octanol–water partition coefficient (Wildman–Crippen LogP) is 2.67. The number of hydrogen-bond acceptors (Lipinski definition) is 5. The molecule has 0 saturated heterocycles. The van der Waals surface area contributed by atoms with Crippen LogP contribution >= 0.6 is 0 Å². The average molecular weight is 338 g/mol. The lowest BCUT2D eigenvalue weighted by Gasteiger charge is -2.09. The van der Waals surface area contributed by atoms with Gasteiger partial charge in [0.25, 0.3) is 11.8 Å². The number of carbonyl (C=O) groups excluding carboxylic acids is 2. The summed E-state index contributed by atoms with van der Waals surface area (Å²) in [6.45, 7) is 1.91. The molecule has 0 aliphatic carbocycles. The van der Waals surface area contributed by atoms with Gasteiger partial charge in [0.1, 0.15) is 11.4 Å². The van der Waals surface area contributed by atoms with Gasteiger partial charge in [-0.15, -0.1) is 0 Å². The molecule has 7 nitrogen and oxygen atoms in total. The number of pyridine rings is 1. The number of hydrogen-bond donors (Lipinski definition) is 2. The molecule has 0 radical (unpaired) electrons. The Kier molecular flexibility index (Phi) is 4.14. The van der Waals surface area contributed by atoms with Crippen molar-refractivity contribution < 1.29 is 14.0 Å². The van der Waals surface area contributed by atoms with E-state index < -0.39 is 5.91 Å². The van der Waals surface area contributed by atoms with Crippen molar-refractivity contribution >= 4 is 34.3 Å². The van der Waals surface area contributed by atoms with Crippen molar-refractivity contribution in [1.29, 1.82) is 0 Å². The third-order valence-corrected chi connectivity index (χ3v) is 3.74. The monoisotopic (exact) mass is 338 g/mol. The van der Waals surface area contributed by atoms with Crippen molar-refractivity contribution in [2.45, 2.75) is 6.92 Å². The van der Waals surface area contributed by atoms with Gasteiger partial charge in [-0.25, -0.2) is 4.98 Å². The highest BCUT2D eigenvalue weighted by Gasteiger charge is 2.20. The number of aryl methyl sites for hydroxylation is 1. The fourth-order valence-corrected chi connectivity index (χ4v) is 2.39. The van der Waals surface area contributed by atoms with Crippen LogP contribution in [-0.2, 0) is 0 Å². The van der Waals surface area contributed by atoms with Gasteiger partial charge in [0.05, 0.1) is 5.69 Å². The molecular formula is C18H18N4O3. The summed E-state index contributed by atoms with van der Waals surface area (Å²) in [6, 6.07) is 8.43. The van der Waals surface area contributed by atoms with E-state index in [9.17, 15) is 9.59 Å². The minimum absolute atomic E-state index is 0.00757. The first-order valence-electron chi connectivity index (χ1n) is 7.64. The van der Waals surface area contributed by atoms with E-state index in [1.165, 1.54) is 4.90 Å². The van der Waals surface area contributed by atoms with E-state index in [4.69, 9.17) is 10.2 Å². The number of fused-ring (bicyclic) bond motifs is 1. The van der Waals surface area contributed by atoms with Gasteiger partial charge < -0.3 is 20.4 Å². The number of nitrogens with zero attached hydrogens (tertiary/aromatic N) is 2. The molecule has 128 valence electrons. The lowest BCUT2D eigenvalue weighted by Crippen LogP contribution is -2.21. The molecule has 3 N–H and O–H groups in total. The summed E-state index contributed by atoms with van der Waals surface area (Å²) >= 11 is 0. The molecule has 0 bridgehead atoms. The Hall–Kier alpha value is -3.35. The van der Waals surface area contributed by atoms with Gasteiger partial charge in [-0.2, -0.15) is 0 Å². The van der Waals surface area contributed by atoms with E-state index >= 15 is 0 Å². The van der Waals surface area contributed by atoms with Crippen LogP contribution < -0.4 is 11.1 Å². The van der Waals surface area contributed by atoms with Gasteiger partial charge in [-0.1, -0.05) is 6.07 Å². The quantitative estimate of drug-likeness (QED) is 0.764. The Bertz CT molecular complexity index is 958. The number of furan rings is 1. The van der Waals surface area contributed by atoms with Crippen molar-refractivity contribution in [1.82, 2.24) is 9.88 Å². The molecule has 3 aromatic rings. The first-order chi connectivity index (χ1) is 11.9. The zero-order chi connectivity index (χ0) is 18.1. The normalized spacial score (nSPS) is 10.7. The number of amides is 2. The van der Waals surface area contributed by atoms with Crippen LogP contribution in [0.1, 0.15) is 26.5 Å². The minimum Gasteiger partial charge on any atom is -0.449 e. The smallest absolute Gasteiger partial charge is 0.294 e. The number of nitrogens with one attached hydrogen (secondary N) is 1. The molecule has 1 aromatic carbocycles. The molecule has 3 rings (SSSR count). The largest absolute Gasteiger partial charge is 0.449 e. The molecule has 2 amide bonds. The number of nitrogen functional groups attached to an aromatic ring is 1. The van der Waals surface area contributed by atoms with Crippen LogP contribution in [0.15, 0.2) is 40.9 Å². The highest BCUT2D eigenvalue weighted by atomic mass is 16.3. The number of nitrogens with two attached hydrogens (primary N) is 1. The van der Waals surface area contributed by atoms with Gasteiger partial charge in [-0.05, 0) is 36.8 Å². The van der Waals surface area contributed by atoms with Crippen molar-refractivity contribution in [2.24, 2.45) is 0 Å². The van der Waals surface area contributed by atoms with E-state index in [0.29, 0.717) is 22.4 Å². The molecule has 0 saturated carbocycles. The van der Waals surface area contributed by atoms with Crippen molar-refractivity contribution in [3.63, 3.8) is 0 Å². The predicted molar refractivity (Wildman–Crippen MR) is 95.6 cm³/mol. The Labute approximate surface area is 144 Å². The standard InChI is InChI=1S/C18H18N4O3/c1-10-4-7-14(20-9-10)21-17(23)16-15(19)12-6-5-11(8-13(12)25-16)18(24)22(2)3/h4-9H,19H2,1-3H3,(H,20,21,23). The molecular weight excluding hydrogens is 320 g/mol. The second-order valence-corrected chi connectivity index (χ2v) is 5.93. The summed E-state index contributed by atoms with van der Waals surface area (Å²) in [4.78, 5) is 30.0. The summed E-state index contributed by atoms with van der Waals surface area (Å²) in [5.41, 5.74) is 8.08. The molecule has 2 heterocycles. The maximum absolute atomic E-state index is 12.4. The van der Waals surface area contributed by atoms with Crippen LogP contribution in [0.4, 0.5) is 11.5 Å². The summed E-state index contributed by atoms with van der Waals surface area (Å²) in [5.74, 6) is -0.261. The van der Waals surface area contributed by atoms with Crippen molar-refractivity contribution in [3.05, 3.63) is 53.4 Å². The fourth-order valence-electron chi connectivity index (χ4n) is 2.39. The van der Waals surface area contributed by atoms with Crippen molar-refractivity contribution in [2.75, 3.05) is 25.1 Å². The van der Waals surface area contributed by atoms with Crippen LogP contribution in [0.25, 0.3) is 11.0 Å². The van der Waals surface area contributed by atoms with E-state index in [-0.39, 0.29) is 17.4 Å². The van der Waals surface area contributed by atoms with Crippen LogP contribution in [0, 0.1) is 6.92 Å². The Morgan fingerprint density at radius 3 is 2.60 bits per heavy atom. The summed E-state index contributed by atoms with van der Waals surface area (Å²) in [6.07, 6.45) is 1.65. The number of rotatable bonds is 3. The van der Waals surface area contributed by atoms with Gasteiger partial charge in [0.15, 0.2) is 0 Å². The Balaban J connectivity index is 1.93. The zero-order valence-electron chi connectivity index (χ0n) is 14.2. The Morgan fingerprint density at radius 1 is 1.20 bits per heavy atom. The minimum atomic E-state index is -0.495. The van der Waals surface area contributed by atoms with Gasteiger partial charge in [0, 0.05) is 31.2 Å². The second-order valence-electron chi connectivity index (χ2n) is 5.93. The number of aromatic nitrogens is 1.